The van der Waals surface area contributed by atoms with Gasteiger partial charge in [-0.3, -0.25) is 20.3 Å². The molecule has 44 heavy (non-hydrogen) atoms. The molecule has 0 bridgehead atoms. The Morgan fingerprint density at radius 2 is 1.91 bits per heavy atom. The van der Waals surface area contributed by atoms with E-state index in [0.29, 0.717) is 36.5 Å². The number of nitrogens with one attached hydrogen (secondary N) is 4. The summed E-state index contributed by atoms with van der Waals surface area (Å²) in [5.74, 6) is -0.113. The molecular weight excluding hydrogens is 587 g/mol. The van der Waals surface area contributed by atoms with Crippen molar-refractivity contribution in [1.29, 1.82) is 0 Å². The average molecular weight is 623 g/mol. The molecule has 1 unspecified atom stereocenters. The molecule has 0 amide bonds. The van der Waals surface area contributed by atoms with Gasteiger partial charge < -0.3 is 9.64 Å². The second-order valence-corrected chi connectivity index (χ2v) is 14.1. The van der Waals surface area contributed by atoms with Gasteiger partial charge in [0.15, 0.2) is 5.82 Å². The van der Waals surface area contributed by atoms with E-state index >= 15 is 4.39 Å². The number of hydrogen-bond donors (Lipinski definition) is 4. The fourth-order valence-electron chi connectivity index (χ4n) is 7.60. The van der Waals surface area contributed by atoms with Gasteiger partial charge in [0.05, 0.1) is 29.2 Å². The number of aryl methyl sites for hydroxylation is 1. The predicted octanol–water partition coefficient (Wildman–Crippen LogP) is 1.87. The lowest BCUT2D eigenvalue weighted by atomic mass is 9.95. The van der Waals surface area contributed by atoms with Crippen molar-refractivity contribution >= 4 is 37.8 Å². The smallest absolute Gasteiger partial charge is 0.319 e. The van der Waals surface area contributed by atoms with Gasteiger partial charge in [0.1, 0.15) is 29.3 Å². The Hall–Kier alpha value is -3.50. The zero-order valence-corrected chi connectivity index (χ0v) is 25.5. The highest BCUT2D eigenvalue weighted by Gasteiger charge is 2.46. The lowest BCUT2D eigenvalue weighted by molar-refractivity contribution is 0.108. The summed E-state index contributed by atoms with van der Waals surface area (Å²) in [7, 11) is -3.63. The minimum absolute atomic E-state index is 0.0428. The van der Waals surface area contributed by atoms with E-state index in [9.17, 15) is 8.42 Å². The first kappa shape index (κ1) is 28.0. The molecule has 4 aliphatic heterocycles. The van der Waals surface area contributed by atoms with Crippen molar-refractivity contribution in [3.63, 3.8) is 0 Å². The van der Waals surface area contributed by atoms with Crippen LogP contribution in [0.4, 0.5) is 10.2 Å². The van der Waals surface area contributed by atoms with Gasteiger partial charge in [-0.1, -0.05) is 0 Å². The van der Waals surface area contributed by atoms with Crippen molar-refractivity contribution in [1.82, 2.24) is 44.8 Å². The predicted molar refractivity (Wildman–Crippen MR) is 163 cm³/mol. The zero-order chi connectivity index (χ0) is 30.3. The second-order valence-electron chi connectivity index (χ2n) is 12.6. The van der Waals surface area contributed by atoms with Gasteiger partial charge in [-0.25, -0.2) is 4.39 Å². The lowest BCUT2D eigenvalue weighted by Crippen LogP contribution is -2.67. The van der Waals surface area contributed by atoms with Gasteiger partial charge >= 0.3 is 6.01 Å². The third-order valence-electron chi connectivity index (χ3n) is 9.93. The molecule has 15 heteroatoms. The molecule has 4 aliphatic rings. The van der Waals surface area contributed by atoms with Crippen molar-refractivity contribution in [2.24, 2.45) is 0 Å². The first-order valence-corrected chi connectivity index (χ1v) is 16.6. The molecule has 0 radical (unpaired) electrons. The number of anilines is 1. The first-order valence-electron chi connectivity index (χ1n) is 15.1. The lowest BCUT2D eigenvalue weighted by Gasteiger charge is -2.40. The van der Waals surface area contributed by atoms with Crippen LogP contribution in [0.1, 0.15) is 36.8 Å². The standard InChI is InChI=1S/C29H35FN10O3S/c1-17-11-21-19(13-33-37-21)22(18(17)2)25-23(30)24-20(12-31-25)26(39-10-7-32-29(15-39)14-34-44(41,42)38-29)36-27(35-24)43-16-28-5-3-8-40(28)9-4-6-28/h11-13,32,34,38H,3-10,14-16H2,1-2H3,(H,33,37). The Balaban J connectivity index is 1.25. The molecule has 1 spiro atoms. The maximum absolute atomic E-state index is 16.8. The third kappa shape index (κ3) is 4.43. The SMILES string of the molecule is Cc1cc2[nH]ncc2c(-c2ncc3c(N4CCNC5(CNS(=O)(=O)N5)C4)nc(OCC45CCCN4CCC5)nc3c2F)c1C. The van der Waals surface area contributed by atoms with Crippen molar-refractivity contribution in [3.05, 3.63) is 35.4 Å². The summed E-state index contributed by atoms with van der Waals surface area (Å²) in [6.07, 6.45) is 7.66. The van der Waals surface area contributed by atoms with Gasteiger partial charge in [-0.05, 0) is 69.8 Å². The van der Waals surface area contributed by atoms with Crippen LogP contribution in [0.25, 0.3) is 33.1 Å². The number of halogens is 1. The minimum Gasteiger partial charge on any atom is -0.461 e. The summed E-state index contributed by atoms with van der Waals surface area (Å²) in [5, 5.41) is 11.7. The molecule has 4 N–H and O–H groups in total. The average Bonchev–Trinajstić information content (AvgIpc) is 3.77. The highest BCUT2D eigenvalue weighted by atomic mass is 32.2. The molecule has 4 aromatic rings. The topological polar surface area (TPSA) is 153 Å². The first-order chi connectivity index (χ1) is 21.2. The van der Waals surface area contributed by atoms with Crippen LogP contribution >= 0.6 is 0 Å². The fraction of sp³-hybridized carbons (Fsp3) is 0.517. The monoisotopic (exact) mass is 622 g/mol. The number of nitrogens with zero attached hydrogens (tertiary/aromatic N) is 6. The Bertz CT molecular complexity index is 1910. The van der Waals surface area contributed by atoms with Crippen LogP contribution in [0.2, 0.25) is 0 Å². The Labute approximate surface area is 254 Å². The van der Waals surface area contributed by atoms with E-state index < -0.39 is 21.7 Å². The molecule has 0 aliphatic carbocycles. The molecule has 4 saturated heterocycles. The summed E-state index contributed by atoms with van der Waals surface area (Å²) in [4.78, 5) is 18.6. The van der Waals surface area contributed by atoms with Crippen LogP contribution < -0.4 is 24.4 Å². The maximum Gasteiger partial charge on any atom is 0.319 e. The van der Waals surface area contributed by atoms with E-state index in [1.165, 1.54) is 0 Å². The largest absolute Gasteiger partial charge is 0.461 e. The van der Waals surface area contributed by atoms with E-state index in [1.807, 2.05) is 24.8 Å². The van der Waals surface area contributed by atoms with Crippen LogP contribution in [0.5, 0.6) is 6.01 Å². The number of pyridine rings is 1. The number of piperazine rings is 1. The fourth-order valence-corrected chi connectivity index (χ4v) is 8.83. The Morgan fingerprint density at radius 3 is 2.68 bits per heavy atom. The maximum atomic E-state index is 16.8. The molecule has 8 rings (SSSR count). The van der Waals surface area contributed by atoms with Gasteiger partial charge in [0.25, 0.3) is 10.2 Å². The number of ether oxygens (including phenoxy) is 1. The summed E-state index contributed by atoms with van der Waals surface area (Å²) in [6.45, 7) is 7.91. The number of rotatable bonds is 5. The number of hydrogen-bond acceptors (Lipinski definition) is 10. The van der Waals surface area contributed by atoms with Crippen LogP contribution in [0, 0.1) is 19.7 Å². The summed E-state index contributed by atoms with van der Waals surface area (Å²) in [5.41, 5.74) is 2.67. The number of fused-ring (bicyclic) bond motifs is 3. The van der Waals surface area contributed by atoms with Gasteiger partial charge in [-0.2, -0.15) is 32.9 Å². The van der Waals surface area contributed by atoms with Crippen molar-refractivity contribution in [2.45, 2.75) is 50.7 Å². The van der Waals surface area contributed by atoms with E-state index in [4.69, 9.17) is 9.72 Å². The molecule has 7 heterocycles. The minimum atomic E-state index is -3.63. The molecule has 4 fully saturated rings. The van der Waals surface area contributed by atoms with Crippen molar-refractivity contribution < 1.29 is 17.5 Å². The highest BCUT2D eigenvalue weighted by Crippen LogP contribution is 2.40. The molecule has 13 nitrogen and oxygen atoms in total. The molecule has 0 saturated carbocycles. The van der Waals surface area contributed by atoms with Gasteiger partial charge in [-0.15, -0.1) is 0 Å². The summed E-state index contributed by atoms with van der Waals surface area (Å²) in [6, 6.07) is 2.09. The van der Waals surface area contributed by atoms with E-state index in [1.54, 1.807) is 12.4 Å². The number of aromatic nitrogens is 5. The van der Waals surface area contributed by atoms with Crippen molar-refractivity contribution in [3.8, 4) is 17.3 Å². The van der Waals surface area contributed by atoms with Crippen LogP contribution in [0.3, 0.4) is 0 Å². The molecule has 1 atom stereocenters. The highest BCUT2D eigenvalue weighted by molar-refractivity contribution is 7.87. The number of H-pyrrole nitrogens is 1. The number of aromatic amines is 1. The number of benzene rings is 1. The second kappa shape index (κ2) is 10.0. The van der Waals surface area contributed by atoms with Crippen LogP contribution in [-0.2, 0) is 10.2 Å². The van der Waals surface area contributed by atoms with Crippen LogP contribution in [-0.4, -0.2) is 95.5 Å². The Kier molecular flexibility index (Phi) is 6.37. The zero-order valence-electron chi connectivity index (χ0n) is 24.7. The summed E-state index contributed by atoms with van der Waals surface area (Å²) >= 11 is 0. The van der Waals surface area contributed by atoms with Gasteiger partial charge in [0.2, 0.25) is 0 Å². The van der Waals surface area contributed by atoms with E-state index in [2.05, 4.69) is 39.8 Å². The van der Waals surface area contributed by atoms with Crippen molar-refractivity contribution in [2.75, 3.05) is 50.8 Å². The van der Waals surface area contributed by atoms with Gasteiger partial charge in [0, 0.05) is 36.8 Å². The van der Waals surface area contributed by atoms with Crippen LogP contribution in [0.15, 0.2) is 18.5 Å². The summed E-state index contributed by atoms with van der Waals surface area (Å²) < 4.78 is 52.9. The third-order valence-corrected chi connectivity index (χ3v) is 11.1. The normalized spacial score (nSPS) is 24.6. The molecule has 232 valence electrons. The molecule has 3 aromatic heterocycles. The molecular formula is C29H35FN10O3S. The Morgan fingerprint density at radius 1 is 1.09 bits per heavy atom. The molecule has 1 aromatic carbocycles. The van der Waals surface area contributed by atoms with E-state index in [0.717, 1.165) is 60.8 Å². The van der Waals surface area contributed by atoms with E-state index in [-0.39, 0.29) is 35.8 Å². The quantitative estimate of drug-likeness (QED) is 0.260.